The van der Waals surface area contributed by atoms with Gasteiger partial charge in [-0.15, -0.1) is 0 Å². The smallest absolute Gasteiger partial charge is 0.0658 e. The first kappa shape index (κ1) is 18.5. The fourth-order valence-corrected chi connectivity index (χ4v) is 7.69. The molecule has 0 saturated heterocycles. The molecule has 0 fully saturated rings. The van der Waals surface area contributed by atoms with Crippen LogP contribution in [0.5, 0.6) is 0 Å². The lowest BCUT2D eigenvalue weighted by Gasteiger charge is -2.51. The lowest BCUT2D eigenvalue weighted by Crippen LogP contribution is -2.42. The van der Waals surface area contributed by atoms with Crippen LogP contribution in [0, 0.1) is 10.8 Å². The van der Waals surface area contributed by atoms with Crippen molar-refractivity contribution in [3.05, 3.63) is 87.2 Å². The number of benzene rings is 1. The Balaban J connectivity index is 1.97. The highest BCUT2D eigenvalue weighted by molar-refractivity contribution is 6.65. The molecule has 0 nitrogen and oxygen atoms in total. The molecule has 27 heavy (non-hydrogen) atoms. The first-order chi connectivity index (χ1) is 12.7. The number of hydrogen-bond acceptors (Lipinski definition) is 0. The SMILES string of the molecule is CC1=Cc2ccccc2[C@@H]1C1(C(C)(C)C)C=CC=C2C1=CC(C)=C2[SiH](C)C. The van der Waals surface area contributed by atoms with Gasteiger partial charge in [0.15, 0.2) is 0 Å². The molecule has 1 unspecified atom stereocenters. The maximum Gasteiger partial charge on any atom is 0.0658 e. The van der Waals surface area contributed by atoms with Gasteiger partial charge in [-0.05, 0) is 41.5 Å². The molecule has 0 radical (unpaired) electrons. The van der Waals surface area contributed by atoms with Crippen molar-refractivity contribution in [3.8, 4) is 0 Å². The molecule has 1 heteroatoms. The first-order valence-corrected chi connectivity index (χ1v) is 13.2. The number of fused-ring (bicyclic) bond motifs is 2. The van der Waals surface area contributed by atoms with Gasteiger partial charge in [-0.2, -0.15) is 0 Å². The van der Waals surface area contributed by atoms with Crippen LogP contribution in [0.15, 0.2) is 76.1 Å². The van der Waals surface area contributed by atoms with E-state index in [0.29, 0.717) is 5.92 Å². The Morgan fingerprint density at radius 3 is 2.37 bits per heavy atom. The summed E-state index contributed by atoms with van der Waals surface area (Å²) in [7, 11) is -0.893. The second-order valence-corrected chi connectivity index (χ2v) is 12.7. The summed E-state index contributed by atoms with van der Waals surface area (Å²) in [5.41, 5.74) is 9.06. The summed E-state index contributed by atoms with van der Waals surface area (Å²) < 4.78 is 0. The van der Waals surface area contributed by atoms with Crippen LogP contribution in [-0.4, -0.2) is 8.80 Å². The van der Waals surface area contributed by atoms with Crippen molar-refractivity contribution in [3.63, 3.8) is 0 Å². The van der Waals surface area contributed by atoms with Crippen molar-refractivity contribution in [2.75, 3.05) is 0 Å². The summed E-state index contributed by atoms with van der Waals surface area (Å²) in [5.74, 6) is 0.404. The Bertz CT molecular complexity index is 956. The van der Waals surface area contributed by atoms with E-state index in [2.05, 4.69) is 102 Å². The van der Waals surface area contributed by atoms with E-state index in [1.165, 1.54) is 27.8 Å². The first-order valence-electron chi connectivity index (χ1n) is 10.3. The van der Waals surface area contributed by atoms with Gasteiger partial charge < -0.3 is 0 Å². The quantitative estimate of drug-likeness (QED) is 0.490. The van der Waals surface area contributed by atoms with Gasteiger partial charge in [0.05, 0.1) is 8.80 Å². The molecular weight excluding hydrogens is 340 g/mol. The monoisotopic (exact) mass is 372 g/mol. The molecule has 3 aliphatic rings. The maximum atomic E-state index is 2.52. The van der Waals surface area contributed by atoms with Crippen molar-refractivity contribution in [1.82, 2.24) is 0 Å². The number of rotatable bonds is 2. The van der Waals surface area contributed by atoms with Crippen LogP contribution in [0.2, 0.25) is 13.1 Å². The normalized spacial score (nSPS) is 26.8. The Labute approximate surface area is 166 Å². The molecule has 0 aromatic heterocycles. The Hall–Kier alpha value is -1.86. The highest BCUT2D eigenvalue weighted by atomic mass is 28.3. The maximum absolute atomic E-state index is 2.52. The largest absolute Gasteiger partial charge is 0.0725 e. The lowest BCUT2D eigenvalue weighted by molar-refractivity contribution is 0.167. The average molecular weight is 373 g/mol. The molecule has 1 aromatic rings. The zero-order chi connectivity index (χ0) is 19.6. The third-order valence-corrected chi connectivity index (χ3v) is 8.77. The van der Waals surface area contributed by atoms with Crippen LogP contribution in [0.3, 0.4) is 0 Å². The van der Waals surface area contributed by atoms with Crippen LogP contribution >= 0.6 is 0 Å². The van der Waals surface area contributed by atoms with Gasteiger partial charge in [-0.25, -0.2) is 0 Å². The molecule has 0 spiro atoms. The van der Waals surface area contributed by atoms with E-state index in [4.69, 9.17) is 0 Å². The van der Waals surface area contributed by atoms with Gasteiger partial charge in [0, 0.05) is 11.3 Å². The molecule has 2 atom stereocenters. The van der Waals surface area contributed by atoms with Crippen molar-refractivity contribution in [1.29, 1.82) is 0 Å². The average Bonchev–Trinajstić information content (AvgIpc) is 3.09. The Morgan fingerprint density at radius 2 is 1.70 bits per heavy atom. The summed E-state index contributed by atoms with van der Waals surface area (Å²) in [6.07, 6.45) is 12.2. The van der Waals surface area contributed by atoms with Gasteiger partial charge in [0.25, 0.3) is 0 Å². The van der Waals surface area contributed by atoms with E-state index in [9.17, 15) is 0 Å². The number of allylic oxidation sites excluding steroid dienone is 9. The molecule has 0 heterocycles. The Kier molecular flexibility index (Phi) is 4.16. The molecule has 0 amide bonds. The zero-order valence-corrected chi connectivity index (χ0v) is 19.0. The van der Waals surface area contributed by atoms with Gasteiger partial charge in [0.1, 0.15) is 0 Å². The fourth-order valence-electron chi connectivity index (χ4n) is 5.83. The molecule has 0 aliphatic heterocycles. The second-order valence-electron chi connectivity index (χ2n) is 9.82. The van der Waals surface area contributed by atoms with E-state index >= 15 is 0 Å². The van der Waals surface area contributed by atoms with E-state index in [0.717, 1.165) is 0 Å². The van der Waals surface area contributed by atoms with Gasteiger partial charge in [-0.3, -0.25) is 0 Å². The minimum atomic E-state index is -0.893. The summed E-state index contributed by atoms with van der Waals surface area (Å²) in [6.45, 7) is 16.9. The summed E-state index contributed by atoms with van der Waals surface area (Å²) >= 11 is 0. The van der Waals surface area contributed by atoms with Crippen LogP contribution in [0.4, 0.5) is 0 Å². The van der Waals surface area contributed by atoms with E-state index < -0.39 is 8.80 Å². The van der Waals surface area contributed by atoms with E-state index in [1.807, 2.05) is 0 Å². The molecule has 140 valence electrons. The van der Waals surface area contributed by atoms with E-state index in [-0.39, 0.29) is 10.8 Å². The van der Waals surface area contributed by atoms with Gasteiger partial charge >= 0.3 is 0 Å². The van der Waals surface area contributed by atoms with Crippen molar-refractivity contribution < 1.29 is 0 Å². The molecule has 3 aliphatic carbocycles. The number of hydrogen-bond donors (Lipinski definition) is 0. The van der Waals surface area contributed by atoms with E-state index in [1.54, 1.807) is 10.8 Å². The lowest BCUT2D eigenvalue weighted by atomic mass is 9.52. The molecular formula is C26H32Si. The predicted octanol–water partition coefficient (Wildman–Crippen LogP) is 7.00. The third-order valence-electron chi connectivity index (χ3n) is 6.85. The third kappa shape index (κ3) is 2.47. The predicted molar refractivity (Wildman–Crippen MR) is 122 cm³/mol. The molecule has 0 saturated carbocycles. The van der Waals surface area contributed by atoms with Crippen molar-refractivity contribution >= 4 is 14.9 Å². The molecule has 1 aromatic carbocycles. The van der Waals surface area contributed by atoms with Gasteiger partial charge in [-0.1, -0.05) is 105 Å². The van der Waals surface area contributed by atoms with Crippen LogP contribution < -0.4 is 0 Å². The standard InChI is InChI=1S/C26H32Si/c1-17-15-19-11-8-9-12-20(19)23(17)26(25(3,4)5)14-10-13-21-22(26)16-18(2)24(21)27(6)7/h8-16,23,27H,1-7H3/t23-,26?/m1/s1. The summed E-state index contributed by atoms with van der Waals surface area (Å²) in [5, 5.41) is 1.66. The van der Waals surface area contributed by atoms with Crippen molar-refractivity contribution in [2.45, 2.75) is 53.6 Å². The second kappa shape index (κ2) is 6.07. The molecule has 0 bridgehead atoms. The minimum Gasteiger partial charge on any atom is -0.0725 e. The highest BCUT2D eigenvalue weighted by Crippen LogP contribution is 2.64. The molecule has 0 N–H and O–H groups in total. The minimum absolute atomic E-state index is 0.0173. The van der Waals surface area contributed by atoms with Crippen LogP contribution in [0.25, 0.3) is 6.08 Å². The topological polar surface area (TPSA) is 0 Å². The van der Waals surface area contributed by atoms with Crippen LogP contribution in [-0.2, 0) is 0 Å². The fraction of sp³-hybridized carbons (Fsp3) is 0.385. The Morgan fingerprint density at radius 1 is 1.00 bits per heavy atom. The van der Waals surface area contributed by atoms with Crippen molar-refractivity contribution in [2.24, 2.45) is 10.8 Å². The molecule has 4 rings (SSSR count). The van der Waals surface area contributed by atoms with Crippen LogP contribution in [0.1, 0.15) is 51.7 Å². The summed E-state index contributed by atoms with van der Waals surface area (Å²) in [6, 6.07) is 8.99. The zero-order valence-electron chi connectivity index (χ0n) is 17.9. The highest BCUT2D eigenvalue weighted by Gasteiger charge is 2.54. The summed E-state index contributed by atoms with van der Waals surface area (Å²) in [4.78, 5) is 0. The van der Waals surface area contributed by atoms with Gasteiger partial charge in [0.2, 0.25) is 0 Å².